The van der Waals surface area contributed by atoms with E-state index in [0.29, 0.717) is 6.54 Å². The van der Waals surface area contributed by atoms with Gasteiger partial charge in [-0.25, -0.2) is 0 Å². The molecule has 0 aliphatic rings. The van der Waals surface area contributed by atoms with Crippen molar-refractivity contribution in [3.05, 3.63) is 71.4 Å². The van der Waals surface area contributed by atoms with Crippen LogP contribution < -0.4 is 15.0 Å². The van der Waals surface area contributed by atoms with Crippen LogP contribution >= 0.6 is 0 Å². The number of methoxy groups -OCH3 is 1. The molecule has 24 heavy (non-hydrogen) atoms. The van der Waals surface area contributed by atoms with Crippen molar-refractivity contribution in [3.63, 3.8) is 0 Å². The first-order valence-electron chi connectivity index (χ1n) is 8.16. The van der Waals surface area contributed by atoms with Crippen molar-refractivity contribution in [2.45, 2.75) is 13.5 Å². The molecule has 0 aliphatic heterocycles. The van der Waals surface area contributed by atoms with Crippen molar-refractivity contribution in [2.75, 3.05) is 13.7 Å². The molecule has 2 N–H and O–H groups in total. The second-order valence-corrected chi connectivity index (χ2v) is 5.87. The van der Waals surface area contributed by atoms with Gasteiger partial charge in [-0.05, 0) is 36.8 Å². The van der Waals surface area contributed by atoms with Gasteiger partial charge in [0.1, 0.15) is 5.75 Å². The van der Waals surface area contributed by atoms with Gasteiger partial charge in [0.05, 0.1) is 19.0 Å². The minimum absolute atomic E-state index is 0.598. The fourth-order valence-corrected chi connectivity index (χ4v) is 2.92. The monoisotopic (exact) mass is 319 g/mol. The summed E-state index contributed by atoms with van der Waals surface area (Å²) in [4.78, 5) is 0. The summed E-state index contributed by atoms with van der Waals surface area (Å²) in [7, 11) is 1.69. The van der Waals surface area contributed by atoms with Gasteiger partial charge in [-0.3, -0.25) is 0 Å². The number of nitrogens with zero attached hydrogens (tertiary/aromatic N) is 1. The number of hydrogen-bond acceptors (Lipinski definition) is 2. The van der Waals surface area contributed by atoms with E-state index in [1.165, 1.54) is 11.1 Å². The van der Waals surface area contributed by atoms with E-state index >= 15 is 0 Å². The predicted molar refractivity (Wildman–Crippen MR) is 99.9 cm³/mol. The molecule has 0 amide bonds. The van der Waals surface area contributed by atoms with E-state index in [0.717, 1.165) is 28.9 Å². The van der Waals surface area contributed by atoms with E-state index < -0.39 is 0 Å². The van der Waals surface area contributed by atoms with E-state index in [1.807, 2.05) is 6.07 Å². The lowest BCUT2D eigenvalue weighted by molar-refractivity contribution is -0.670. The first-order chi connectivity index (χ1) is 11.7. The molecular formula is C21H23N2O+. The summed E-state index contributed by atoms with van der Waals surface area (Å²) in [6.45, 7) is 3.48. The van der Waals surface area contributed by atoms with Crippen LogP contribution in [0.5, 0.6) is 5.75 Å². The number of ether oxygens (including phenoxy) is 1. The highest BCUT2D eigenvalue weighted by molar-refractivity contribution is 5.79. The lowest BCUT2D eigenvalue weighted by Gasteiger charge is -2.06. The number of rotatable bonds is 5. The molecule has 0 atom stereocenters. The van der Waals surface area contributed by atoms with Crippen molar-refractivity contribution >= 4 is 23.1 Å². The number of hydrogen-bond donors (Lipinski definition) is 1. The summed E-state index contributed by atoms with van der Waals surface area (Å²) in [6, 6.07) is 18.9. The van der Waals surface area contributed by atoms with Crippen molar-refractivity contribution in [3.8, 4) is 5.75 Å². The number of pyridine rings is 1. The molecule has 0 fully saturated rings. The van der Waals surface area contributed by atoms with Gasteiger partial charge in [0.15, 0.2) is 6.54 Å². The van der Waals surface area contributed by atoms with Crippen molar-refractivity contribution in [1.82, 2.24) is 0 Å². The van der Waals surface area contributed by atoms with Gasteiger partial charge in [-0.2, -0.15) is 4.57 Å². The van der Waals surface area contributed by atoms with Crippen LogP contribution in [0.3, 0.4) is 0 Å². The van der Waals surface area contributed by atoms with Crippen LogP contribution in [0, 0.1) is 6.92 Å². The van der Waals surface area contributed by atoms with E-state index in [-0.39, 0.29) is 0 Å². The van der Waals surface area contributed by atoms with Crippen molar-refractivity contribution in [2.24, 2.45) is 5.73 Å². The lowest BCUT2D eigenvalue weighted by Crippen LogP contribution is -2.41. The standard InChI is InChI=1S/C21H23N2O/c1-16-4-3-5-17(14-16)6-8-19-9-7-18-15-20(24-2)10-11-21(18)23(19)13-12-22/h3-11,14-15H,12-13,22H2,1-2H3/q+1/b8-6+. The van der Waals surface area contributed by atoms with E-state index in [4.69, 9.17) is 10.5 Å². The molecule has 0 spiro atoms. The number of benzene rings is 2. The molecule has 3 heteroatoms. The third kappa shape index (κ3) is 3.47. The highest BCUT2D eigenvalue weighted by atomic mass is 16.5. The second kappa shape index (κ2) is 7.28. The average molecular weight is 319 g/mol. The molecule has 3 nitrogen and oxygen atoms in total. The van der Waals surface area contributed by atoms with Gasteiger partial charge < -0.3 is 10.5 Å². The molecule has 0 radical (unpaired) electrons. The summed E-state index contributed by atoms with van der Waals surface area (Å²) >= 11 is 0. The van der Waals surface area contributed by atoms with Gasteiger partial charge in [0, 0.05) is 18.2 Å². The zero-order valence-corrected chi connectivity index (χ0v) is 14.2. The van der Waals surface area contributed by atoms with Gasteiger partial charge in [0.2, 0.25) is 11.2 Å². The highest BCUT2D eigenvalue weighted by Crippen LogP contribution is 2.19. The third-order valence-corrected chi connectivity index (χ3v) is 4.11. The van der Waals surface area contributed by atoms with Crippen LogP contribution in [0.1, 0.15) is 16.8 Å². The molecule has 3 rings (SSSR count). The SMILES string of the molecule is COc1ccc2c(ccc(/C=C/c3cccc(C)c3)[n+]2CCN)c1. The quantitative estimate of drug-likeness (QED) is 0.730. The summed E-state index contributed by atoms with van der Waals surface area (Å²) in [5.74, 6) is 0.866. The Morgan fingerprint density at radius 3 is 2.67 bits per heavy atom. The van der Waals surface area contributed by atoms with Gasteiger partial charge in [0.25, 0.3) is 0 Å². The zero-order valence-electron chi connectivity index (χ0n) is 14.2. The number of aromatic nitrogens is 1. The first-order valence-corrected chi connectivity index (χ1v) is 8.16. The Kier molecular flexibility index (Phi) is 4.92. The number of aryl methyl sites for hydroxylation is 1. The van der Waals surface area contributed by atoms with E-state index in [2.05, 4.69) is 72.2 Å². The Hall–Kier alpha value is -2.65. The maximum absolute atomic E-state index is 5.83. The Bertz CT molecular complexity index is 884. The highest BCUT2D eigenvalue weighted by Gasteiger charge is 2.13. The van der Waals surface area contributed by atoms with Gasteiger partial charge in [-0.15, -0.1) is 0 Å². The van der Waals surface area contributed by atoms with Crippen molar-refractivity contribution in [1.29, 1.82) is 0 Å². The second-order valence-electron chi connectivity index (χ2n) is 5.87. The summed E-state index contributed by atoms with van der Waals surface area (Å²) in [5.41, 5.74) is 10.6. The zero-order chi connectivity index (χ0) is 16.9. The van der Waals surface area contributed by atoms with Gasteiger partial charge >= 0.3 is 0 Å². The smallest absolute Gasteiger partial charge is 0.213 e. The van der Waals surface area contributed by atoms with Crippen molar-refractivity contribution < 1.29 is 9.30 Å². The third-order valence-electron chi connectivity index (χ3n) is 4.11. The fraction of sp³-hybridized carbons (Fsp3) is 0.190. The van der Waals surface area contributed by atoms with Crippen LogP contribution in [0.15, 0.2) is 54.6 Å². The van der Waals surface area contributed by atoms with Crippen LogP contribution in [0.2, 0.25) is 0 Å². The summed E-state index contributed by atoms with van der Waals surface area (Å²) in [5, 5.41) is 1.15. The molecule has 122 valence electrons. The molecule has 0 unspecified atom stereocenters. The molecule has 0 saturated carbocycles. The average Bonchev–Trinajstić information content (AvgIpc) is 2.60. The normalized spacial score (nSPS) is 11.3. The largest absolute Gasteiger partial charge is 0.497 e. The van der Waals surface area contributed by atoms with Crippen LogP contribution in [0.4, 0.5) is 0 Å². The molecule has 0 bridgehead atoms. The summed E-state index contributed by atoms with van der Waals surface area (Å²) < 4.78 is 7.57. The van der Waals surface area contributed by atoms with Crippen LogP contribution in [0.25, 0.3) is 23.1 Å². The topological polar surface area (TPSA) is 39.1 Å². The number of nitrogens with two attached hydrogens (primary N) is 1. The summed E-state index contributed by atoms with van der Waals surface area (Å²) in [6.07, 6.45) is 4.29. The Morgan fingerprint density at radius 2 is 1.92 bits per heavy atom. The molecular weight excluding hydrogens is 296 g/mol. The molecule has 1 heterocycles. The molecule has 0 aliphatic carbocycles. The first kappa shape index (κ1) is 16.2. The maximum Gasteiger partial charge on any atom is 0.213 e. The number of fused-ring (bicyclic) bond motifs is 1. The van der Waals surface area contributed by atoms with Gasteiger partial charge in [-0.1, -0.05) is 29.8 Å². The molecule has 2 aromatic carbocycles. The molecule has 0 saturated heterocycles. The lowest BCUT2D eigenvalue weighted by atomic mass is 10.1. The van der Waals surface area contributed by atoms with Crippen LogP contribution in [-0.4, -0.2) is 13.7 Å². The fourth-order valence-electron chi connectivity index (χ4n) is 2.92. The minimum atomic E-state index is 0.598. The molecule has 1 aromatic heterocycles. The van der Waals surface area contributed by atoms with E-state index in [9.17, 15) is 0 Å². The minimum Gasteiger partial charge on any atom is -0.497 e. The van der Waals surface area contributed by atoms with E-state index in [1.54, 1.807) is 7.11 Å². The van der Waals surface area contributed by atoms with Crippen LogP contribution in [-0.2, 0) is 6.54 Å². The predicted octanol–water partition coefficient (Wildman–Crippen LogP) is 3.57. The maximum atomic E-state index is 5.83. The Morgan fingerprint density at radius 1 is 1.04 bits per heavy atom. The molecule has 3 aromatic rings. The Labute approximate surface area is 143 Å². The Balaban J connectivity index is 2.05.